The molecule has 0 saturated heterocycles. The van der Waals surface area contributed by atoms with Gasteiger partial charge in [0, 0.05) is 12.1 Å². The third-order valence-electron chi connectivity index (χ3n) is 2.00. The van der Waals surface area contributed by atoms with Crippen LogP contribution in [0, 0.1) is 5.41 Å². The van der Waals surface area contributed by atoms with E-state index in [0.717, 1.165) is 19.3 Å². The van der Waals surface area contributed by atoms with Crippen LogP contribution < -0.4 is 5.73 Å². The summed E-state index contributed by atoms with van der Waals surface area (Å²) in [5, 5.41) is 7.10. The van der Waals surface area contributed by atoms with E-state index in [0.29, 0.717) is 12.1 Å². The molecule has 0 heterocycles. The van der Waals surface area contributed by atoms with E-state index in [1.807, 2.05) is 36.4 Å². The highest BCUT2D eigenvalue weighted by Gasteiger charge is 1.93. The molecule has 0 aliphatic carbocycles. The fraction of sp³-hybridized carbons (Fsp3) is 0.467. The Bertz CT molecular complexity index is 254. The van der Waals surface area contributed by atoms with Gasteiger partial charge in [-0.15, -0.1) is 0 Å². The second kappa shape index (κ2) is 15.5. The first-order valence-electron chi connectivity index (χ1n) is 6.24. The Kier molecular flexibility index (Phi) is 16.3. The van der Waals surface area contributed by atoms with Crippen molar-refractivity contribution in [1.29, 1.82) is 5.41 Å². The molecule has 3 N–H and O–H groups in total. The zero-order chi connectivity index (χ0) is 14.2. The van der Waals surface area contributed by atoms with Gasteiger partial charge in [-0.2, -0.15) is 0 Å². The minimum absolute atomic E-state index is 0.252. The number of Topliss-reactive ketones (excluding diaryl/α,β-unsaturated/α-hetero) is 1. The summed E-state index contributed by atoms with van der Waals surface area (Å²) in [6.07, 6.45) is 3.43. The Morgan fingerprint density at radius 3 is 1.50 bits per heavy atom. The number of unbranched alkanes of at least 4 members (excludes halogenated alkanes) is 1. The zero-order valence-electron chi connectivity index (χ0n) is 11.8. The molecule has 0 aliphatic heterocycles. The molecule has 1 rings (SSSR count). The molecule has 18 heavy (non-hydrogen) atoms. The van der Waals surface area contributed by atoms with E-state index in [1.54, 1.807) is 13.8 Å². The third-order valence-corrected chi connectivity index (χ3v) is 2.00. The first kappa shape index (κ1) is 18.9. The van der Waals surface area contributed by atoms with Crippen LogP contribution in [0.1, 0.15) is 39.5 Å². The van der Waals surface area contributed by atoms with Crippen molar-refractivity contribution in [2.75, 3.05) is 7.05 Å². The molecule has 102 valence electrons. The van der Waals surface area contributed by atoms with Crippen molar-refractivity contribution in [2.24, 2.45) is 5.73 Å². The van der Waals surface area contributed by atoms with Crippen LogP contribution in [0.15, 0.2) is 36.4 Å². The number of nitrogens with two attached hydrogens (primary N) is 1. The highest BCUT2D eigenvalue weighted by Crippen LogP contribution is 2.00. The molecular weight excluding hydrogens is 224 g/mol. The first-order valence-corrected chi connectivity index (χ1v) is 6.24. The van der Waals surface area contributed by atoms with E-state index >= 15 is 0 Å². The average molecular weight is 250 g/mol. The second-order valence-electron chi connectivity index (χ2n) is 3.84. The highest BCUT2D eigenvalue weighted by atomic mass is 16.1. The Hall–Kier alpha value is -1.48. The topological polar surface area (TPSA) is 66.9 Å². The number of carbonyl (C=O) groups excluding carboxylic acids is 1. The Morgan fingerprint density at radius 1 is 0.889 bits per heavy atom. The van der Waals surface area contributed by atoms with Crippen molar-refractivity contribution in [3.8, 4) is 0 Å². The molecule has 0 atom stereocenters. The third kappa shape index (κ3) is 20.0. The van der Waals surface area contributed by atoms with Gasteiger partial charge in [0.25, 0.3) is 0 Å². The molecule has 0 spiro atoms. The number of hydrogen-bond donors (Lipinski definition) is 2. The van der Waals surface area contributed by atoms with Crippen molar-refractivity contribution in [3.05, 3.63) is 36.4 Å². The molecule has 0 unspecified atom stereocenters. The summed E-state index contributed by atoms with van der Waals surface area (Å²) in [4.78, 5) is 10.4. The van der Waals surface area contributed by atoms with E-state index in [4.69, 9.17) is 5.41 Å². The predicted molar refractivity (Wildman–Crippen MR) is 79.1 cm³/mol. The summed E-state index contributed by atoms with van der Waals surface area (Å²) in [5.41, 5.74) is 5.21. The number of carbonyl (C=O) groups is 1. The lowest BCUT2D eigenvalue weighted by Crippen LogP contribution is -1.92. The number of rotatable bonds is 5. The SMILES string of the molecule is CC(=N)CCCCC(C)=O.CN.c1ccccc1. The monoisotopic (exact) mass is 250 g/mol. The number of ketones is 1. The maximum atomic E-state index is 10.4. The molecule has 0 saturated carbocycles. The molecule has 0 fully saturated rings. The predicted octanol–water partition coefficient (Wildman–Crippen LogP) is 3.44. The van der Waals surface area contributed by atoms with Crippen LogP contribution in [0.25, 0.3) is 0 Å². The maximum absolute atomic E-state index is 10.4. The highest BCUT2D eigenvalue weighted by molar-refractivity contribution is 5.78. The standard InChI is InChI=1S/C8H15NO.C6H6.CH5N/c1-7(9)5-3-4-6-8(2)10;1-2-4-6-5-3-1;1-2/h9H,3-6H2,1-2H3;1-6H;2H2,1H3. The zero-order valence-corrected chi connectivity index (χ0v) is 11.8. The summed E-state index contributed by atoms with van der Waals surface area (Å²) in [6.45, 7) is 3.41. The number of benzene rings is 1. The average Bonchev–Trinajstić information content (AvgIpc) is 2.39. The summed E-state index contributed by atoms with van der Waals surface area (Å²) < 4.78 is 0. The van der Waals surface area contributed by atoms with Gasteiger partial charge in [-0.3, -0.25) is 0 Å². The second-order valence-corrected chi connectivity index (χ2v) is 3.84. The molecule has 1 aromatic rings. The van der Waals surface area contributed by atoms with Crippen molar-refractivity contribution in [1.82, 2.24) is 0 Å². The molecule has 1 aromatic carbocycles. The van der Waals surface area contributed by atoms with Crippen molar-refractivity contribution in [2.45, 2.75) is 39.5 Å². The lowest BCUT2D eigenvalue weighted by molar-refractivity contribution is -0.117. The molecule has 0 bridgehead atoms. The lowest BCUT2D eigenvalue weighted by atomic mass is 10.1. The van der Waals surface area contributed by atoms with Crippen LogP contribution in [-0.4, -0.2) is 18.5 Å². The molecule has 0 amide bonds. The first-order chi connectivity index (χ1) is 8.63. The van der Waals surface area contributed by atoms with E-state index in [-0.39, 0.29) is 5.78 Å². The summed E-state index contributed by atoms with van der Waals surface area (Å²) in [5.74, 6) is 0.252. The summed E-state index contributed by atoms with van der Waals surface area (Å²) in [7, 11) is 1.50. The molecule has 0 aromatic heterocycles. The normalized spacial score (nSPS) is 8.22. The quantitative estimate of drug-likeness (QED) is 0.621. The molecule has 0 aliphatic rings. The number of nitrogens with one attached hydrogen (secondary N) is 1. The molecular formula is C15H26N2O. The Balaban J connectivity index is 0. The van der Waals surface area contributed by atoms with E-state index < -0.39 is 0 Å². The minimum atomic E-state index is 0.252. The smallest absolute Gasteiger partial charge is 0.129 e. The van der Waals surface area contributed by atoms with Gasteiger partial charge in [0.05, 0.1) is 0 Å². The van der Waals surface area contributed by atoms with Gasteiger partial charge in [-0.25, -0.2) is 0 Å². The lowest BCUT2D eigenvalue weighted by Gasteiger charge is -1.95. The maximum Gasteiger partial charge on any atom is 0.129 e. The fourth-order valence-electron chi connectivity index (χ4n) is 1.15. The van der Waals surface area contributed by atoms with Crippen LogP contribution in [0.4, 0.5) is 0 Å². The van der Waals surface area contributed by atoms with Crippen LogP contribution in [0.3, 0.4) is 0 Å². The van der Waals surface area contributed by atoms with Gasteiger partial charge in [0.15, 0.2) is 0 Å². The van der Waals surface area contributed by atoms with Gasteiger partial charge in [0.1, 0.15) is 5.78 Å². The van der Waals surface area contributed by atoms with E-state index in [9.17, 15) is 4.79 Å². The number of hydrogen-bond acceptors (Lipinski definition) is 3. The van der Waals surface area contributed by atoms with Crippen molar-refractivity contribution < 1.29 is 4.79 Å². The van der Waals surface area contributed by atoms with Crippen LogP contribution in [0.2, 0.25) is 0 Å². The van der Waals surface area contributed by atoms with E-state index in [2.05, 4.69) is 5.73 Å². The van der Waals surface area contributed by atoms with Gasteiger partial charge in [0.2, 0.25) is 0 Å². The molecule has 0 radical (unpaired) electrons. The molecule has 3 nitrogen and oxygen atoms in total. The van der Waals surface area contributed by atoms with Crippen LogP contribution >= 0.6 is 0 Å². The fourth-order valence-corrected chi connectivity index (χ4v) is 1.15. The van der Waals surface area contributed by atoms with Crippen LogP contribution in [0.5, 0.6) is 0 Å². The summed E-state index contributed by atoms with van der Waals surface area (Å²) in [6, 6.07) is 12.0. The molecule has 3 heteroatoms. The van der Waals surface area contributed by atoms with Gasteiger partial charge < -0.3 is 15.9 Å². The van der Waals surface area contributed by atoms with Gasteiger partial charge in [-0.05, 0) is 40.2 Å². The largest absolute Gasteiger partial charge is 0.333 e. The van der Waals surface area contributed by atoms with Gasteiger partial charge in [-0.1, -0.05) is 36.4 Å². The Morgan fingerprint density at radius 2 is 1.22 bits per heavy atom. The van der Waals surface area contributed by atoms with Gasteiger partial charge >= 0.3 is 0 Å². The summed E-state index contributed by atoms with van der Waals surface area (Å²) >= 11 is 0. The Labute approximate surface area is 111 Å². The van der Waals surface area contributed by atoms with Crippen molar-refractivity contribution >= 4 is 11.5 Å². The van der Waals surface area contributed by atoms with E-state index in [1.165, 1.54) is 7.05 Å². The van der Waals surface area contributed by atoms with Crippen LogP contribution in [-0.2, 0) is 4.79 Å². The van der Waals surface area contributed by atoms with Crippen molar-refractivity contribution in [3.63, 3.8) is 0 Å². The minimum Gasteiger partial charge on any atom is -0.333 e.